The number of nitrogens with zero attached hydrogens (tertiary/aromatic N) is 1. The van der Waals surface area contributed by atoms with Crippen molar-refractivity contribution in [3.8, 4) is 0 Å². The third-order valence-corrected chi connectivity index (χ3v) is 4.89. The number of carbonyl (C=O) groups excluding carboxylic acids is 1. The van der Waals surface area contributed by atoms with Crippen LogP contribution in [0.2, 0.25) is 0 Å². The van der Waals surface area contributed by atoms with Gasteiger partial charge in [-0.05, 0) is 23.8 Å². The van der Waals surface area contributed by atoms with E-state index in [-0.39, 0.29) is 11.8 Å². The van der Waals surface area contributed by atoms with Crippen LogP contribution < -0.4 is 0 Å². The molecule has 1 aromatic carbocycles. The summed E-state index contributed by atoms with van der Waals surface area (Å²) in [5, 5.41) is 0. The summed E-state index contributed by atoms with van der Waals surface area (Å²) in [5.74, 6) is 1.74. The second kappa shape index (κ2) is 7.12. The van der Waals surface area contributed by atoms with E-state index in [1.54, 1.807) is 0 Å². The lowest BCUT2D eigenvalue weighted by atomic mass is 9.84. The van der Waals surface area contributed by atoms with Crippen LogP contribution in [-0.4, -0.2) is 29.8 Å². The van der Waals surface area contributed by atoms with Crippen LogP contribution in [0.15, 0.2) is 30.3 Å². The SMILES string of the molecule is CCC(C)C(C(=O)N1CCC(CCl)C1)c1ccccc1. The molecule has 1 aliphatic heterocycles. The number of amides is 1. The smallest absolute Gasteiger partial charge is 0.230 e. The first-order chi connectivity index (χ1) is 9.67. The molecule has 110 valence electrons. The van der Waals surface area contributed by atoms with Crippen molar-refractivity contribution in [1.29, 1.82) is 0 Å². The third kappa shape index (κ3) is 3.35. The van der Waals surface area contributed by atoms with Gasteiger partial charge in [-0.1, -0.05) is 50.6 Å². The molecule has 0 aliphatic carbocycles. The highest BCUT2D eigenvalue weighted by Gasteiger charge is 2.33. The predicted octanol–water partition coefficient (Wildman–Crippen LogP) is 3.90. The molecule has 20 heavy (non-hydrogen) atoms. The van der Waals surface area contributed by atoms with Crippen LogP contribution >= 0.6 is 11.6 Å². The van der Waals surface area contributed by atoms with Gasteiger partial charge in [-0.3, -0.25) is 4.79 Å². The highest BCUT2D eigenvalue weighted by atomic mass is 35.5. The number of halogens is 1. The third-order valence-electron chi connectivity index (χ3n) is 4.45. The highest BCUT2D eigenvalue weighted by Crippen LogP contribution is 2.31. The summed E-state index contributed by atoms with van der Waals surface area (Å²) in [4.78, 5) is 14.9. The second-order valence-electron chi connectivity index (χ2n) is 5.87. The van der Waals surface area contributed by atoms with E-state index in [2.05, 4.69) is 26.0 Å². The largest absolute Gasteiger partial charge is 0.342 e. The Hall–Kier alpha value is -1.02. The van der Waals surface area contributed by atoms with Crippen molar-refractivity contribution in [2.45, 2.75) is 32.6 Å². The van der Waals surface area contributed by atoms with Crippen LogP contribution in [0, 0.1) is 11.8 Å². The number of hydrogen-bond acceptors (Lipinski definition) is 1. The fourth-order valence-corrected chi connectivity index (χ4v) is 3.22. The van der Waals surface area contributed by atoms with Crippen molar-refractivity contribution >= 4 is 17.5 Å². The number of rotatable bonds is 5. The van der Waals surface area contributed by atoms with Gasteiger partial charge in [0.25, 0.3) is 0 Å². The van der Waals surface area contributed by atoms with Gasteiger partial charge in [0.1, 0.15) is 0 Å². The lowest BCUT2D eigenvalue weighted by molar-refractivity contribution is -0.133. The minimum atomic E-state index is -0.0183. The van der Waals surface area contributed by atoms with E-state index in [9.17, 15) is 4.79 Å². The molecule has 2 nitrogen and oxygen atoms in total. The van der Waals surface area contributed by atoms with E-state index in [0.29, 0.717) is 17.7 Å². The first-order valence-corrected chi connectivity index (χ1v) is 8.10. The number of carbonyl (C=O) groups is 1. The predicted molar refractivity (Wildman–Crippen MR) is 84.0 cm³/mol. The molecule has 1 amide bonds. The van der Waals surface area contributed by atoms with E-state index < -0.39 is 0 Å². The van der Waals surface area contributed by atoms with Crippen LogP contribution in [0.4, 0.5) is 0 Å². The molecule has 1 aromatic rings. The fourth-order valence-electron chi connectivity index (χ4n) is 2.97. The van der Waals surface area contributed by atoms with Gasteiger partial charge in [0.05, 0.1) is 5.92 Å². The monoisotopic (exact) mass is 293 g/mol. The van der Waals surface area contributed by atoms with Crippen LogP contribution in [-0.2, 0) is 4.79 Å². The summed E-state index contributed by atoms with van der Waals surface area (Å²) in [6, 6.07) is 10.2. The molecule has 3 heteroatoms. The second-order valence-corrected chi connectivity index (χ2v) is 6.18. The van der Waals surface area contributed by atoms with Gasteiger partial charge in [-0.2, -0.15) is 0 Å². The summed E-state index contributed by atoms with van der Waals surface area (Å²) >= 11 is 5.93. The lowest BCUT2D eigenvalue weighted by Gasteiger charge is -2.28. The van der Waals surface area contributed by atoms with Crippen molar-refractivity contribution < 1.29 is 4.79 Å². The topological polar surface area (TPSA) is 20.3 Å². The highest BCUT2D eigenvalue weighted by molar-refractivity contribution is 6.18. The van der Waals surface area contributed by atoms with Gasteiger partial charge < -0.3 is 4.90 Å². The van der Waals surface area contributed by atoms with E-state index >= 15 is 0 Å². The Bertz CT molecular complexity index is 434. The van der Waals surface area contributed by atoms with Gasteiger partial charge in [0.2, 0.25) is 5.91 Å². The van der Waals surface area contributed by atoms with Crippen LogP contribution in [0.3, 0.4) is 0 Å². The summed E-state index contributed by atoms with van der Waals surface area (Å²) in [6.45, 7) is 6.00. The first-order valence-electron chi connectivity index (χ1n) is 7.57. The summed E-state index contributed by atoms with van der Waals surface area (Å²) in [6.07, 6.45) is 2.05. The quantitative estimate of drug-likeness (QED) is 0.754. The average Bonchev–Trinajstić information content (AvgIpc) is 2.97. The molecule has 2 rings (SSSR count). The summed E-state index contributed by atoms with van der Waals surface area (Å²) in [5.41, 5.74) is 1.14. The Kier molecular flexibility index (Phi) is 5.47. The molecule has 0 bridgehead atoms. The van der Waals surface area contributed by atoms with Crippen molar-refractivity contribution in [3.05, 3.63) is 35.9 Å². The summed E-state index contributed by atoms with van der Waals surface area (Å²) in [7, 11) is 0. The van der Waals surface area contributed by atoms with Crippen LogP contribution in [0.25, 0.3) is 0 Å². The van der Waals surface area contributed by atoms with E-state index in [1.165, 1.54) is 0 Å². The molecule has 0 N–H and O–H groups in total. The van der Waals surface area contributed by atoms with E-state index in [4.69, 9.17) is 11.6 Å². The maximum atomic E-state index is 12.9. The Morgan fingerprint density at radius 2 is 2.10 bits per heavy atom. The maximum absolute atomic E-state index is 12.9. The Morgan fingerprint density at radius 1 is 1.40 bits per heavy atom. The van der Waals surface area contributed by atoms with E-state index in [1.807, 2.05) is 23.1 Å². The van der Waals surface area contributed by atoms with Crippen LogP contribution in [0.5, 0.6) is 0 Å². The molecular formula is C17H24ClNO. The molecule has 0 saturated carbocycles. The Labute approximate surface area is 127 Å². The van der Waals surface area contributed by atoms with Crippen molar-refractivity contribution in [2.75, 3.05) is 19.0 Å². The van der Waals surface area contributed by atoms with Crippen molar-refractivity contribution in [2.24, 2.45) is 11.8 Å². The van der Waals surface area contributed by atoms with Crippen molar-refractivity contribution in [3.63, 3.8) is 0 Å². The molecule has 0 radical (unpaired) electrons. The number of hydrogen-bond donors (Lipinski definition) is 0. The van der Waals surface area contributed by atoms with E-state index in [0.717, 1.165) is 31.5 Å². The number of benzene rings is 1. The number of alkyl halides is 1. The minimum absolute atomic E-state index is 0.0183. The van der Waals surface area contributed by atoms with Gasteiger partial charge in [0, 0.05) is 19.0 Å². The van der Waals surface area contributed by atoms with Crippen molar-refractivity contribution in [1.82, 2.24) is 4.90 Å². The molecule has 3 unspecified atom stereocenters. The number of likely N-dealkylation sites (tertiary alicyclic amines) is 1. The average molecular weight is 294 g/mol. The van der Waals surface area contributed by atoms with Gasteiger partial charge in [0.15, 0.2) is 0 Å². The van der Waals surface area contributed by atoms with Gasteiger partial charge >= 0.3 is 0 Å². The zero-order valence-electron chi connectivity index (χ0n) is 12.4. The molecular weight excluding hydrogens is 270 g/mol. The molecule has 1 heterocycles. The fraction of sp³-hybridized carbons (Fsp3) is 0.588. The minimum Gasteiger partial charge on any atom is -0.342 e. The molecule has 1 fully saturated rings. The maximum Gasteiger partial charge on any atom is 0.230 e. The standard InChI is InChI=1S/C17H24ClNO/c1-3-13(2)16(15-7-5-4-6-8-15)17(20)19-10-9-14(11-18)12-19/h4-8,13-14,16H,3,9-12H2,1-2H3. The zero-order valence-corrected chi connectivity index (χ0v) is 13.1. The van der Waals surface area contributed by atoms with Gasteiger partial charge in [-0.15, -0.1) is 11.6 Å². The molecule has 0 spiro atoms. The normalized spacial score (nSPS) is 21.8. The molecule has 1 aliphatic rings. The van der Waals surface area contributed by atoms with Crippen LogP contribution in [0.1, 0.15) is 38.2 Å². The Balaban J connectivity index is 2.17. The first kappa shape index (κ1) is 15.4. The zero-order chi connectivity index (χ0) is 14.5. The van der Waals surface area contributed by atoms with Gasteiger partial charge in [-0.25, -0.2) is 0 Å². The lowest BCUT2D eigenvalue weighted by Crippen LogP contribution is -2.36. The molecule has 3 atom stereocenters. The Morgan fingerprint density at radius 3 is 2.65 bits per heavy atom. The summed E-state index contributed by atoms with van der Waals surface area (Å²) < 4.78 is 0. The molecule has 1 saturated heterocycles. The molecule has 0 aromatic heterocycles.